The van der Waals surface area contributed by atoms with Crippen molar-refractivity contribution in [3.63, 3.8) is 0 Å². The summed E-state index contributed by atoms with van der Waals surface area (Å²) < 4.78 is 6.37. The zero-order valence-electron chi connectivity index (χ0n) is 14.4. The fraction of sp³-hybridized carbons (Fsp3) is 0.444. The Kier molecular flexibility index (Phi) is 4.90. The first-order valence-corrected chi connectivity index (χ1v) is 8.76. The van der Waals surface area contributed by atoms with Crippen LogP contribution in [0.4, 0.5) is 0 Å². The van der Waals surface area contributed by atoms with Gasteiger partial charge in [0.25, 0.3) is 0 Å². The normalized spacial score (nSPS) is 15.3. The van der Waals surface area contributed by atoms with Crippen LogP contribution >= 0.6 is 11.6 Å². The third-order valence-electron chi connectivity index (χ3n) is 4.84. The summed E-state index contributed by atoms with van der Waals surface area (Å²) in [4.78, 5) is 16.2. The number of aryl methyl sites for hydroxylation is 1. The number of halogens is 1. The largest absolute Gasteiger partial charge is 0.465 e. The summed E-state index contributed by atoms with van der Waals surface area (Å²) in [5.74, 6) is 0.0514. The highest BCUT2D eigenvalue weighted by molar-refractivity contribution is 6.29. The highest BCUT2D eigenvalue weighted by Crippen LogP contribution is 2.27. The molecule has 0 aliphatic heterocycles. The van der Waals surface area contributed by atoms with Crippen LogP contribution in [0.15, 0.2) is 12.1 Å². The predicted octanol–water partition coefficient (Wildman–Crippen LogP) is 3.67. The summed E-state index contributed by atoms with van der Waals surface area (Å²) in [7, 11) is 1.33. The van der Waals surface area contributed by atoms with Gasteiger partial charge in [0.1, 0.15) is 5.84 Å². The fourth-order valence-electron chi connectivity index (χ4n) is 3.46. The zero-order valence-corrected chi connectivity index (χ0v) is 15.1. The van der Waals surface area contributed by atoms with Crippen LogP contribution in [0.5, 0.6) is 0 Å². The third-order valence-corrected chi connectivity index (χ3v) is 5.10. The number of methoxy groups -OCH3 is 1. The van der Waals surface area contributed by atoms with Crippen molar-refractivity contribution in [2.75, 3.05) is 7.11 Å². The molecule has 0 bridgehead atoms. The number of nitrogens with zero attached hydrogens (tertiary/aromatic N) is 2. The van der Waals surface area contributed by atoms with Gasteiger partial charge in [0.15, 0.2) is 10.6 Å². The van der Waals surface area contributed by atoms with E-state index in [-0.39, 0.29) is 16.6 Å². The molecule has 25 heavy (non-hydrogen) atoms. The quantitative estimate of drug-likeness (QED) is 0.486. The minimum atomic E-state index is -0.443. The van der Waals surface area contributed by atoms with Crippen LogP contribution in [-0.2, 0) is 4.74 Å². The Labute approximate surface area is 150 Å². The van der Waals surface area contributed by atoms with Gasteiger partial charge in [0.2, 0.25) is 0 Å². The molecule has 1 aliphatic rings. The van der Waals surface area contributed by atoms with Gasteiger partial charge in [0.05, 0.1) is 23.7 Å². The second-order valence-corrected chi connectivity index (χ2v) is 6.81. The third kappa shape index (κ3) is 3.18. The number of fused-ring (bicyclic) bond motifs is 1. The Morgan fingerprint density at radius 1 is 1.32 bits per heavy atom. The van der Waals surface area contributed by atoms with E-state index < -0.39 is 5.97 Å². The second kappa shape index (κ2) is 6.96. The summed E-state index contributed by atoms with van der Waals surface area (Å²) in [6, 6.07) is 3.40. The number of rotatable bonds is 2. The van der Waals surface area contributed by atoms with Crippen molar-refractivity contribution in [3.05, 3.63) is 33.9 Å². The van der Waals surface area contributed by atoms with Crippen molar-refractivity contribution in [1.29, 1.82) is 10.8 Å². The summed E-state index contributed by atoms with van der Waals surface area (Å²) in [6.07, 6.45) is 5.30. The average molecular weight is 361 g/mol. The van der Waals surface area contributed by atoms with Crippen molar-refractivity contribution < 1.29 is 9.53 Å². The number of nitrogens with one attached hydrogen (secondary N) is 2. The van der Waals surface area contributed by atoms with E-state index in [9.17, 15) is 4.79 Å². The highest BCUT2D eigenvalue weighted by Gasteiger charge is 2.23. The molecule has 1 aliphatic carbocycles. The molecule has 2 aromatic rings. The molecule has 0 unspecified atom stereocenters. The number of hydrogen-bond acceptors (Lipinski definition) is 5. The molecule has 1 fully saturated rings. The summed E-state index contributed by atoms with van der Waals surface area (Å²) in [5, 5.41) is 17.0. The van der Waals surface area contributed by atoms with E-state index in [4.69, 9.17) is 27.2 Å². The molecule has 0 amide bonds. The second-order valence-electron chi connectivity index (χ2n) is 6.45. The number of ether oxygens (including phenoxy) is 1. The number of carbonyl (C=O) groups excluding carboxylic acids is 1. The Hall–Kier alpha value is -2.21. The van der Waals surface area contributed by atoms with E-state index in [2.05, 4.69) is 4.98 Å². The van der Waals surface area contributed by atoms with Gasteiger partial charge in [-0.25, -0.2) is 9.78 Å². The molecule has 1 heterocycles. The predicted molar refractivity (Wildman–Crippen MR) is 96.4 cm³/mol. The lowest BCUT2D eigenvalue weighted by atomic mass is 9.88. The maximum absolute atomic E-state index is 11.9. The van der Waals surface area contributed by atoms with Crippen molar-refractivity contribution in [3.8, 4) is 0 Å². The van der Waals surface area contributed by atoms with Crippen LogP contribution in [0.3, 0.4) is 0 Å². The fourth-order valence-corrected chi connectivity index (χ4v) is 3.64. The van der Waals surface area contributed by atoms with Gasteiger partial charge in [-0.05, 0) is 37.5 Å². The maximum Gasteiger partial charge on any atom is 0.338 e. The van der Waals surface area contributed by atoms with E-state index >= 15 is 0 Å². The number of carbonyl (C=O) groups is 1. The van der Waals surface area contributed by atoms with Gasteiger partial charge >= 0.3 is 5.97 Å². The molecular formula is C18H21ClN4O2. The SMILES string of the molecule is COC(=O)c1cc2nc(Cl)c(=N)n(C(=N)C3CCCCC3)c2cc1C. The van der Waals surface area contributed by atoms with E-state index in [0.717, 1.165) is 25.7 Å². The van der Waals surface area contributed by atoms with Crippen LogP contribution < -0.4 is 5.49 Å². The Morgan fingerprint density at radius 3 is 2.64 bits per heavy atom. The van der Waals surface area contributed by atoms with Crippen LogP contribution in [-0.4, -0.2) is 28.5 Å². The lowest BCUT2D eigenvalue weighted by Crippen LogP contribution is -2.34. The van der Waals surface area contributed by atoms with Gasteiger partial charge in [0, 0.05) is 5.92 Å². The van der Waals surface area contributed by atoms with Crippen LogP contribution in [0, 0.1) is 23.7 Å². The first kappa shape index (κ1) is 17.6. The van der Waals surface area contributed by atoms with Crippen LogP contribution in [0.25, 0.3) is 11.0 Å². The van der Waals surface area contributed by atoms with Gasteiger partial charge in [-0.1, -0.05) is 30.9 Å². The summed E-state index contributed by atoms with van der Waals surface area (Å²) in [5.41, 5.74) is 2.23. The smallest absolute Gasteiger partial charge is 0.338 e. The molecule has 6 nitrogen and oxygen atoms in total. The van der Waals surface area contributed by atoms with Gasteiger partial charge in [-0.3, -0.25) is 15.4 Å². The monoisotopic (exact) mass is 360 g/mol. The minimum Gasteiger partial charge on any atom is -0.465 e. The highest BCUT2D eigenvalue weighted by atomic mass is 35.5. The van der Waals surface area contributed by atoms with Crippen LogP contribution in [0.2, 0.25) is 5.15 Å². The standard InChI is InChI=1S/C18H21ClN4O2/c1-10-8-14-13(9-12(10)18(24)25-2)22-15(19)17(21)23(14)16(20)11-6-4-3-5-7-11/h8-9,11,20-21H,3-7H2,1-2H3. The van der Waals surface area contributed by atoms with Crippen molar-refractivity contribution in [2.45, 2.75) is 39.0 Å². The Morgan fingerprint density at radius 2 is 2.00 bits per heavy atom. The lowest BCUT2D eigenvalue weighted by Gasteiger charge is -2.25. The molecule has 0 atom stereocenters. The molecule has 1 aromatic heterocycles. The molecule has 3 rings (SSSR count). The molecule has 1 saturated carbocycles. The molecule has 7 heteroatoms. The number of benzene rings is 1. The molecule has 0 spiro atoms. The van der Waals surface area contributed by atoms with Crippen molar-refractivity contribution in [2.24, 2.45) is 5.92 Å². The number of hydrogen-bond donors (Lipinski definition) is 2. The lowest BCUT2D eigenvalue weighted by molar-refractivity contribution is 0.0600. The molecule has 132 valence electrons. The number of esters is 1. The van der Waals surface area contributed by atoms with Gasteiger partial charge in [-0.15, -0.1) is 0 Å². The van der Waals surface area contributed by atoms with Gasteiger partial charge < -0.3 is 4.74 Å². The van der Waals surface area contributed by atoms with Crippen LogP contribution in [0.1, 0.15) is 48.0 Å². The summed E-state index contributed by atoms with van der Waals surface area (Å²) >= 11 is 6.15. The van der Waals surface area contributed by atoms with Crippen molar-refractivity contribution >= 4 is 34.4 Å². The first-order chi connectivity index (χ1) is 11.9. The zero-order chi connectivity index (χ0) is 18.1. The molecule has 0 saturated heterocycles. The minimum absolute atomic E-state index is 0.00922. The van der Waals surface area contributed by atoms with E-state index in [0.29, 0.717) is 28.0 Å². The molecule has 1 aromatic carbocycles. The molecule has 0 radical (unpaired) electrons. The van der Waals surface area contributed by atoms with E-state index in [1.165, 1.54) is 13.5 Å². The topological polar surface area (TPSA) is 91.8 Å². The molecule has 2 N–H and O–H groups in total. The molecular weight excluding hydrogens is 340 g/mol. The Balaban J connectivity index is 2.21. The summed E-state index contributed by atoms with van der Waals surface area (Å²) in [6.45, 7) is 1.80. The Bertz CT molecular complexity index is 913. The van der Waals surface area contributed by atoms with E-state index in [1.54, 1.807) is 23.6 Å². The van der Waals surface area contributed by atoms with Gasteiger partial charge in [-0.2, -0.15) is 0 Å². The average Bonchev–Trinajstić information content (AvgIpc) is 2.62. The number of aromatic nitrogens is 2. The van der Waals surface area contributed by atoms with Crippen molar-refractivity contribution in [1.82, 2.24) is 9.55 Å². The maximum atomic E-state index is 11.9. The first-order valence-electron chi connectivity index (χ1n) is 8.38. The van der Waals surface area contributed by atoms with E-state index in [1.807, 2.05) is 0 Å².